The topological polar surface area (TPSA) is 327 Å². The lowest BCUT2D eigenvalue weighted by atomic mass is 9.73. The third-order valence-corrected chi connectivity index (χ3v) is 20.2. The van der Waals surface area contributed by atoms with E-state index in [1.165, 1.54) is 95.7 Å². The van der Waals surface area contributed by atoms with E-state index in [2.05, 4.69) is 51.7 Å². The van der Waals surface area contributed by atoms with Crippen LogP contribution in [0, 0.1) is 23.7 Å². The molecule has 8 N–H and O–H groups in total. The molecule has 0 saturated carbocycles. The van der Waals surface area contributed by atoms with E-state index in [-0.39, 0.29) is 88.3 Å². The van der Waals surface area contributed by atoms with Crippen LogP contribution in [-0.4, -0.2) is 226 Å². The first-order chi connectivity index (χ1) is 42.5. The zero-order chi connectivity index (χ0) is 64.9. The molecule has 1 aromatic carbocycles. The number of ether oxygens (including phenoxy) is 13. The van der Waals surface area contributed by atoms with Crippen LogP contribution in [0.15, 0.2) is 59.5 Å². The molecule has 89 heavy (non-hydrogen) atoms. The second-order valence-electron chi connectivity index (χ2n) is 21.4. The van der Waals surface area contributed by atoms with Crippen LogP contribution >= 0.6 is 43.2 Å². The number of aliphatic hydroxyl groups is 4. The van der Waals surface area contributed by atoms with Crippen LogP contribution in [-0.2, 0) is 66.5 Å². The maximum Gasteiger partial charge on any atom is 0.411 e. The number of benzene rings is 1. The minimum absolute atomic E-state index is 0.0843. The third-order valence-electron chi connectivity index (χ3n) is 15.2. The third kappa shape index (κ3) is 17.6. The summed E-state index contributed by atoms with van der Waals surface area (Å²) in [6, 6.07) is 1.39. The van der Waals surface area contributed by atoms with E-state index in [4.69, 9.17) is 66.4 Å². The molecule has 0 aromatic heterocycles. The van der Waals surface area contributed by atoms with Crippen molar-refractivity contribution in [1.82, 2.24) is 16.1 Å². The molecule has 4 fully saturated rings. The average Bonchev–Trinajstić information content (AvgIpc) is 0.971. The Morgan fingerprint density at radius 1 is 0.854 bits per heavy atom. The molecule has 6 aliphatic rings. The zero-order valence-corrected chi connectivity index (χ0v) is 54.6. The van der Waals surface area contributed by atoms with E-state index in [9.17, 15) is 34.8 Å². The summed E-state index contributed by atoms with van der Waals surface area (Å²) in [6.45, 7) is 12.6. The van der Waals surface area contributed by atoms with Gasteiger partial charge in [0.15, 0.2) is 54.1 Å². The fourth-order valence-corrected chi connectivity index (χ4v) is 14.1. The second kappa shape index (κ2) is 33.3. The van der Waals surface area contributed by atoms with Crippen molar-refractivity contribution in [3.63, 3.8) is 0 Å². The first-order valence-corrected chi connectivity index (χ1v) is 33.8. The number of carbonyl (C=O) groups excluding carboxylic acids is 4. The number of ketones is 1. The van der Waals surface area contributed by atoms with E-state index >= 15 is 4.79 Å². The van der Waals surface area contributed by atoms with E-state index in [1.807, 2.05) is 33.3 Å². The van der Waals surface area contributed by atoms with Crippen molar-refractivity contribution in [1.29, 1.82) is 0 Å². The first kappa shape index (κ1) is 71.8. The quantitative estimate of drug-likeness (QED) is 0.0132. The van der Waals surface area contributed by atoms with Crippen molar-refractivity contribution in [2.75, 3.05) is 65.7 Å². The molecule has 30 heteroatoms. The molecule has 26 nitrogen and oxygen atoms in total. The summed E-state index contributed by atoms with van der Waals surface area (Å²) in [6.07, 6.45) is -11.7. The van der Waals surface area contributed by atoms with Crippen molar-refractivity contribution in [3.05, 3.63) is 65.1 Å². The van der Waals surface area contributed by atoms with Gasteiger partial charge < -0.3 is 92.6 Å². The highest BCUT2D eigenvalue weighted by Gasteiger charge is 2.57. The van der Waals surface area contributed by atoms with Gasteiger partial charge in [-0.1, -0.05) is 71.8 Å². The number of hydrogen-bond acceptors (Lipinski definition) is 28. The Bertz CT molecular complexity index is 2890. The summed E-state index contributed by atoms with van der Waals surface area (Å²) in [5, 5.41) is 56.8. The summed E-state index contributed by atoms with van der Waals surface area (Å²) >= 11 is 1.47. The molecule has 2 bridgehead atoms. The fraction of sp³-hybridized carbons (Fsp3) is 0.627. The zero-order valence-electron chi connectivity index (χ0n) is 51.4. The monoisotopic (exact) mass is 1320 g/mol. The average molecular weight is 1330 g/mol. The van der Waals surface area contributed by atoms with Gasteiger partial charge in [0.1, 0.15) is 30.5 Å². The van der Waals surface area contributed by atoms with Gasteiger partial charge in [0, 0.05) is 61.4 Å². The number of thioether (sulfide) groups is 1. The van der Waals surface area contributed by atoms with E-state index < -0.39 is 134 Å². The molecule has 7 rings (SSSR count). The van der Waals surface area contributed by atoms with Gasteiger partial charge in [-0.05, 0) is 55.3 Å². The van der Waals surface area contributed by atoms with Crippen LogP contribution in [0.5, 0.6) is 11.5 Å². The summed E-state index contributed by atoms with van der Waals surface area (Å²) in [7, 11) is 10.8. The summed E-state index contributed by atoms with van der Waals surface area (Å²) in [5.41, 5.74) is -0.949. The number of carbonyl (C=O) groups is 4. The van der Waals surface area contributed by atoms with Gasteiger partial charge in [-0.3, -0.25) is 19.7 Å². The minimum atomic E-state index is -2.66. The molecule has 3 unspecified atom stereocenters. The molecular weight excluding hydrogens is 1240 g/mol. The summed E-state index contributed by atoms with van der Waals surface area (Å²) < 4.78 is 77.9. The SMILES string of the molecule is C=C(OC)C(=O)Nc1cc(OC)c(OC)cc1C(=O)O[C@H]1C[C@H](OC2C(=O)C(NC(=O)OC)=C3/C(=C/CSSSC)C2(O)C#CC=CC#CC3O[C@H]2O[C@@H](C)[C@H](NO[C@@H]3C[C@@H](O)[C@@H](SC)[C@H](C)O3)[C@@H](O)[C@@H]2O[C@H]2C[C@H](OC)[C@@H](NC(C)C)CO2)O[C@@H](C)[C@H]1O. The first-order valence-electron chi connectivity index (χ1n) is 28.4. The lowest BCUT2D eigenvalue weighted by Gasteiger charge is -2.47. The number of esters is 1. The Morgan fingerprint density at radius 3 is 2.22 bits per heavy atom. The molecule has 19 atom stereocenters. The number of anilines is 1. The maximum atomic E-state index is 15.6. The Balaban J connectivity index is 1.27. The molecule has 2 amide bonds. The number of allylic oxidation sites excluding steroid dienone is 2. The van der Waals surface area contributed by atoms with E-state index in [0.29, 0.717) is 0 Å². The molecule has 4 heterocycles. The lowest BCUT2D eigenvalue weighted by Crippen LogP contribution is -2.65. The molecular formula is C59H80N4O22S4. The molecule has 4 aliphatic heterocycles. The number of hydroxylamine groups is 1. The van der Waals surface area contributed by atoms with Crippen LogP contribution in [0.1, 0.15) is 64.2 Å². The van der Waals surface area contributed by atoms with Gasteiger partial charge >= 0.3 is 12.1 Å². The Labute approximate surface area is 533 Å². The number of amides is 2. The maximum absolute atomic E-state index is 15.6. The minimum Gasteiger partial charge on any atom is -0.493 e. The number of Topliss-reactive ketones (excluding diaryl/α,β-unsaturated/α-hetero) is 1. The molecule has 4 saturated heterocycles. The largest absolute Gasteiger partial charge is 0.493 e. The van der Waals surface area contributed by atoms with Crippen LogP contribution in [0.4, 0.5) is 10.5 Å². The predicted molar refractivity (Wildman–Crippen MR) is 330 cm³/mol. The number of fused-ring (bicyclic) bond motifs is 2. The van der Waals surface area contributed by atoms with Crippen LogP contribution < -0.4 is 30.9 Å². The van der Waals surface area contributed by atoms with Crippen LogP contribution in [0.3, 0.4) is 0 Å². The molecule has 2 aliphatic carbocycles. The number of methoxy groups -OCH3 is 5. The summed E-state index contributed by atoms with van der Waals surface area (Å²) in [4.78, 5) is 62.5. The fourth-order valence-electron chi connectivity index (χ4n) is 10.8. The van der Waals surface area contributed by atoms with Gasteiger partial charge in [-0.25, -0.2) is 9.59 Å². The Morgan fingerprint density at radius 2 is 1.56 bits per heavy atom. The second-order valence-corrected chi connectivity index (χ2v) is 26.8. The standard InChI is InChI=1S/C59H80N4O22S4/c1-28(2)60-36-27-77-43(25-39(36)73-8)83-52-50(66)47(63-85-45-24-37(64)53(86-12)31(5)79-45)29(3)80-57(52)82-38-18-16-14-15-17-20-59(71)34(19-21-88-89-87-13)46(38)48(62-58(70)76-11)51(67)54(59)84-44-26-42(49(65)30(4)78-44)81-56(69)33-22-40(74-9)41(75-10)23-35(33)61-55(68)32(6)72-7/h14-15,19,22-23,28-31,36-39,42-45,47,49-50,52-54,57,60,63-66,71H,6,21,24-27H2,1-5,7-13H3,(H,61,68)(H,62,70)/b15-14?,34-19-/t29-,30-,31-,36-,37+,38?,39-,42-,43-,44-,45+,47-,49+,50+,52-,53-,54?,57+,59?/m0/s1. The van der Waals surface area contributed by atoms with E-state index in [1.54, 1.807) is 20.1 Å². The van der Waals surface area contributed by atoms with Crippen LogP contribution in [0.25, 0.3) is 0 Å². The van der Waals surface area contributed by atoms with Crippen molar-refractivity contribution < 1.29 is 106 Å². The van der Waals surface area contributed by atoms with Crippen molar-refractivity contribution in [2.45, 2.75) is 175 Å². The number of rotatable bonds is 25. The Kier molecular flexibility index (Phi) is 26.9. The van der Waals surface area contributed by atoms with Crippen molar-refractivity contribution in [2.24, 2.45) is 0 Å². The Hall–Kier alpha value is -4.62. The highest BCUT2D eigenvalue weighted by molar-refractivity contribution is 9.09. The van der Waals surface area contributed by atoms with Gasteiger partial charge in [-0.2, -0.15) is 17.2 Å². The number of alkyl carbamates (subject to hydrolysis) is 1. The number of nitrogens with one attached hydrogen (secondary N) is 4. The van der Waals surface area contributed by atoms with Gasteiger partial charge in [0.2, 0.25) is 5.78 Å². The molecule has 0 radical (unpaired) electrons. The van der Waals surface area contributed by atoms with Crippen LogP contribution in [0.2, 0.25) is 0 Å². The molecule has 0 spiro atoms. The lowest BCUT2D eigenvalue weighted by molar-refractivity contribution is -0.336. The van der Waals surface area contributed by atoms with Gasteiger partial charge in [0.05, 0.1) is 99.8 Å². The van der Waals surface area contributed by atoms with Gasteiger partial charge in [0.25, 0.3) is 5.91 Å². The van der Waals surface area contributed by atoms with E-state index in [0.717, 1.165) is 7.11 Å². The highest BCUT2D eigenvalue weighted by atomic mass is 33.5. The van der Waals surface area contributed by atoms with Crippen molar-refractivity contribution in [3.8, 4) is 35.2 Å². The summed E-state index contributed by atoms with van der Waals surface area (Å²) in [5.74, 6) is 8.60. The predicted octanol–water partition coefficient (Wildman–Crippen LogP) is 3.42. The normalized spacial score (nSPS) is 34.1. The van der Waals surface area contributed by atoms with Crippen molar-refractivity contribution >= 4 is 72.6 Å². The smallest absolute Gasteiger partial charge is 0.411 e. The number of hydrogen-bond donors (Lipinski definition) is 8. The molecule has 1 aromatic rings. The van der Waals surface area contributed by atoms with Gasteiger partial charge in [-0.15, -0.1) is 0 Å². The molecule has 492 valence electrons. The highest BCUT2D eigenvalue weighted by Crippen LogP contribution is 2.44. The number of aliphatic hydroxyl groups excluding tert-OH is 3.